The van der Waals surface area contributed by atoms with Gasteiger partial charge in [-0.25, -0.2) is 0 Å². The van der Waals surface area contributed by atoms with Crippen molar-refractivity contribution >= 4 is 69.9 Å². The minimum absolute atomic E-state index is 0.109. The second kappa shape index (κ2) is 14.9. The van der Waals surface area contributed by atoms with Crippen LogP contribution in [0.4, 0.5) is 5.69 Å². The molecule has 0 saturated carbocycles. The molecule has 0 saturated heterocycles. The Hall–Kier alpha value is -3.21. The fraction of sp³-hybridized carbons (Fsp3) is 0.261. The molecule has 2 rings (SSSR count). The van der Waals surface area contributed by atoms with Gasteiger partial charge in [-0.2, -0.15) is 0 Å². The Bertz CT molecular complexity index is 1070. The summed E-state index contributed by atoms with van der Waals surface area (Å²) >= 11 is 16.7. The molecule has 2 aromatic carbocycles. The summed E-state index contributed by atoms with van der Waals surface area (Å²) in [6.45, 7) is 0.223. The van der Waals surface area contributed by atoms with Gasteiger partial charge in [0.2, 0.25) is 17.7 Å². The predicted octanol–water partition coefficient (Wildman–Crippen LogP) is 3.30. The van der Waals surface area contributed by atoms with E-state index in [1.807, 2.05) is 30.3 Å². The molecule has 4 N–H and O–H groups in total. The van der Waals surface area contributed by atoms with Crippen molar-refractivity contribution < 1.29 is 23.9 Å². The van der Waals surface area contributed by atoms with Gasteiger partial charge in [0.1, 0.15) is 0 Å². The van der Waals surface area contributed by atoms with Crippen LogP contribution in [0.2, 0.25) is 10.0 Å². The van der Waals surface area contributed by atoms with E-state index in [4.69, 9.17) is 40.2 Å². The number of esters is 1. The Morgan fingerprint density at radius 1 is 0.829 bits per heavy atom. The zero-order valence-corrected chi connectivity index (χ0v) is 20.9. The number of thiocarbonyl (C=S) groups is 1. The molecular formula is C23H24Cl2N4O5S. The monoisotopic (exact) mass is 538 g/mol. The average molecular weight is 539 g/mol. The van der Waals surface area contributed by atoms with E-state index in [1.165, 1.54) is 6.07 Å². The van der Waals surface area contributed by atoms with Gasteiger partial charge in [-0.15, -0.1) is 0 Å². The summed E-state index contributed by atoms with van der Waals surface area (Å²) in [6, 6.07) is 14.2. The number of anilines is 1. The third-order valence-corrected chi connectivity index (χ3v) is 5.16. The van der Waals surface area contributed by atoms with Gasteiger partial charge in [-0.3, -0.25) is 30.0 Å². The summed E-state index contributed by atoms with van der Waals surface area (Å²) in [7, 11) is 0. The number of benzene rings is 2. The maximum absolute atomic E-state index is 12.0. The molecule has 0 radical (unpaired) electrons. The van der Waals surface area contributed by atoms with Crippen molar-refractivity contribution in [3.05, 3.63) is 64.1 Å². The van der Waals surface area contributed by atoms with E-state index >= 15 is 0 Å². The highest BCUT2D eigenvalue weighted by molar-refractivity contribution is 7.80. The highest BCUT2D eigenvalue weighted by Gasteiger charge is 2.12. The quantitative estimate of drug-likeness (QED) is 0.207. The van der Waals surface area contributed by atoms with Crippen LogP contribution in [0.5, 0.6) is 0 Å². The third kappa shape index (κ3) is 11.7. The van der Waals surface area contributed by atoms with Crippen molar-refractivity contribution in [1.29, 1.82) is 0 Å². The van der Waals surface area contributed by atoms with E-state index in [1.54, 1.807) is 12.1 Å². The normalized spacial score (nSPS) is 10.1. The summed E-state index contributed by atoms with van der Waals surface area (Å²) < 4.78 is 5.11. The molecule has 186 valence electrons. The maximum Gasteiger partial charge on any atom is 0.306 e. The minimum Gasteiger partial charge on any atom is -0.465 e. The molecule has 0 heterocycles. The van der Waals surface area contributed by atoms with E-state index in [0.29, 0.717) is 17.1 Å². The number of carbonyl (C=O) groups excluding carboxylic acids is 4. The van der Waals surface area contributed by atoms with Crippen LogP contribution in [0.1, 0.15) is 31.2 Å². The number of nitrogens with one attached hydrogen (secondary N) is 4. The molecule has 0 fully saturated rings. The fourth-order valence-corrected chi connectivity index (χ4v) is 3.28. The first-order valence-electron chi connectivity index (χ1n) is 10.6. The van der Waals surface area contributed by atoms with E-state index < -0.39 is 23.7 Å². The van der Waals surface area contributed by atoms with E-state index in [9.17, 15) is 19.2 Å². The van der Waals surface area contributed by atoms with Crippen molar-refractivity contribution in [3.63, 3.8) is 0 Å². The van der Waals surface area contributed by atoms with Gasteiger partial charge >= 0.3 is 5.97 Å². The topological polar surface area (TPSA) is 126 Å². The van der Waals surface area contributed by atoms with Crippen molar-refractivity contribution in [3.8, 4) is 0 Å². The van der Waals surface area contributed by atoms with Crippen LogP contribution >= 0.6 is 35.4 Å². The van der Waals surface area contributed by atoms with Crippen LogP contribution in [-0.2, 0) is 30.3 Å². The van der Waals surface area contributed by atoms with Crippen molar-refractivity contribution in [1.82, 2.24) is 16.2 Å². The zero-order chi connectivity index (χ0) is 25.6. The first-order valence-corrected chi connectivity index (χ1v) is 11.7. The number of halogens is 2. The molecule has 3 amide bonds. The number of carbonyl (C=O) groups is 4. The highest BCUT2D eigenvalue weighted by Crippen LogP contribution is 2.25. The van der Waals surface area contributed by atoms with Gasteiger partial charge in [0.25, 0.3) is 0 Å². The lowest BCUT2D eigenvalue weighted by Gasteiger charge is -2.11. The third-order valence-electron chi connectivity index (χ3n) is 4.41. The average Bonchev–Trinajstić information content (AvgIpc) is 2.82. The molecule has 9 nitrogen and oxygen atoms in total. The Kier molecular flexibility index (Phi) is 12.0. The Labute approximate surface area is 217 Å². The maximum atomic E-state index is 12.0. The standard InChI is InChI=1S/C23H24Cl2N4O5S/c24-16-6-7-18(17(25)14-16)26-19(30)8-9-21(32)28-29-23(35)27-20(31)10-11-22(33)34-13-12-15-4-2-1-3-5-15/h1-7,14H,8-13H2,(H,26,30)(H,28,32)(H2,27,29,31,35). The second-order valence-electron chi connectivity index (χ2n) is 7.18. The molecule has 0 aromatic heterocycles. The minimum atomic E-state index is -0.527. The lowest BCUT2D eigenvalue weighted by Crippen LogP contribution is -2.48. The van der Waals surface area contributed by atoms with Gasteiger partial charge in [0.05, 0.1) is 23.7 Å². The fourth-order valence-electron chi connectivity index (χ4n) is 2.66. The largest absolute Gasteiger partial charge is 0.465 e. The highest BCUT2D eigenvalue weighted by atomic mass is 35.5. The van der Waals surface area contributed by atoms with Gasteiger partial charge < -0.3 is 15.4 Å². The first-order chi connectivity index (χ1) is 16.7. The van der Waals surface area contributed by atoms with Gasteiger partial charge in [-0.05, 0) is 36.0 Å². The molecule has 0 bridgehead atoms. The number of rotatable bonds is 10. The van der Waals surface area contributed by atoms with Crippen LogP contribution in [0.15, 0.2) is 48.5 Å². The van der Waals surface area contributed by atoms with Gasteiger partial charge in [-0.1, -0.05) is 53.5 Å². The molecule has 12 heteroatoms. The summed E-state index contributed by atoms with van der Waals surface area (Å²) in [5.41, 5.74) is 6.06. The lowest BCUT2D eigenvalue weighted by atomic mass is 10.2. The number of hydrogen-bond acceptors (Lipinski definition) is 6. The van der Waals surface area contributed by atoms with Crippen LogP contribution < -0.4 is 21.5 Å². The Morgan fingerprint density at radius 3 is 2.23 bits per heavy atom. The first kappa shape index (κ1) is 28.0. The second-order valence-corrected chi connectivity index (χ2v) is 8.43. The zero-order valence-electron chi connectivity index (χ0n) is 18.6. The lowest BCUT2D eigenvalue weighted by molar-refractivity contribution is -0.144. The van der Waals surface area contributed by atoms with Crippen molar-refractivity contribution in [2.45, 2.75) is 32.1 Å². The summed E-state index contributed by atoms with van der Waals surface area (Å²) in [4.78, 5) is 47.5. The molecular weight excluding hydrogens is 515 g/mol. The molecule has 0 aliphatic heterocycles. The summed E-state index contributed by atoms with van der Waals surface area (Å²) in [6.07, 6.45) is 0.0894. The number of amides is 3. The van der Waals surface area contributed by atoms with Gasteiger partial charge in [0, 0.05) is 30.7 Å². The van der Waals surface area contributed by atoms with Crippen LogP contribution in [-0.4, -0.2) is 35.4 Å². The summed E-state index contributed by atoms with van der Waals surface area (Å²) in [5.74, 6) is -1.96. The van der Waals surface area contributed by atoms with Crippen molar-refractivity contribution in [2.75, 3.05) is 11.9 Å². The van der Waals surface area contributed by atoms with Crippen LogP contribution in [0.25, 0.3) is 0 Å². The number of hydrogen-bond donors (Lipinski definition) is 4. The molecule has 0 aliphatic rings. The molecule has 0 spiro atoms. The SMILES string of the molecule is O=C(CCC(=O)Nc1ccc(Cl)cc1Cl)NNC(=S)NC(=O)CCC(=O)OCCc1ccccc1. The molecule has 0 aliphatic carbocycles. The van der Waals surface area contributed by atoms with E-state index in [0.717, 1.165) is 5.56 Å². The van der Waals surface area contributed by atoms with Crippen LogP contribution in [0.3, 0.4) is 0 Å². The van der Waals surface area contributed by atoms with E-state index in [2.05, 4.69) is 21.5 Å². The Balaban J connectivity index is 1.56. The van der Waals surface area contributed by atoms with E-state index in [-0.39, 0.29) is 42.4 Å². The van der Waals surface area contributed by atoms with Crippen LogP contribution in [0, 0.1) is 0 Å². The smallest absolute Gasteiger partial charge is 0.306 e. The number of hydrazine groups is 1. The van der Waals surface area contributed by atoms with Crippen molar-refractivity contribution in [2.24, 2.45) is 0 Å². The van der Waals surface area contributed by atoms with Gasteiger partial charge in [0.15, 0.2) is 5.11 Å². The molecule has 0 unspecified atom stereocenters. The molecule has 2 aromatic rings. The predicted molar refractivity (Wildman–Crippen MR) is 137 cm³/mol. The molecule has 0 atom stereocenters. The molecule has 35 heavy (non-hydrogen) atoms. The summed E-state index contributed by atoms with van der Waals surface area (Å²) in [5, 5.41) is 5.47. The number of ether oxygens (including phenoxy) is 1. The Morgan fingerprint density at radius 2 is 1.51 bits per heavy atom.